The molecule has 0 fully saturated rings. The number of thiazole rings is 1. The molecule has 0 unspecified atom stereocenters. The number of hydrogen-bond donors (Lipinski definition) is 0. The zero-order valence-corrected chi connectivity index (χ0v) is 21.2. The van der Waals surface area contributed by atoms with Crippen molar-refractivity contribution in [3.05, 3.63) is 85.3 Å². The second-order valence-electron chi connectivity index (χ2n) is 7.78. The Bertz CT molecular complexity index is 1360. The van der Waals surface area contributed by atoms with Crippen molar-refractivity contribution in [1.82, 2.24) is 13.9 Å². The van der Waals surface area contributed by atoms with Crippen molar-refractivity contribution in [3.63, 3.8) is 0 Å². The highest BCUT2D eigenvalue weighted by Gasteiger charge is 2.19. The zero-order valence-electron chi connectivity index (χ0n) is 18.7. The van der Waals surface area contributed by atoms with E-state index in [1.54, 1.807) is 16.0 Å². The molecule has 2 aromatic carbocycles. The van der Waals surface area contributed by atoms with Gasteiger partial charge in [-0.2, -0.15) is 0 Å². The Morgan fingerprint density at radius 1 is 1.06 bits per heavy atom. The Morgan fingerprint density at radius 2 is 1.78 bits per heavy atom. The molecule has 0 amide bonds. The molecule has 0 N–H and O–H groups in total. The van der Waals surface area contributed by atoms with Gasteiger partial charge in [0.25, 0.3) is 5.56 Å². The molecule has 7 heteroatoms. The van der Waals surface area contributed by atoms with Gasteiger partial charge in [0.1, 0.15) is 0 Å². The molecular weight excluding hydrogens is 484 g/mol. The molecule has 2 heterocycles. The van der Waals surface area contributed by atoms with E-state index in [1.165, 1.54) is 0 Å². The first-order valence-corrected chi connectivity index (χ1v) is 12.5. The molecule has 5 nitrogen and oxygen atoms in total. The van der Waals surface area contributed by atoms with Crippen LogP contribution in [0.5, 0.6) is 0 Å². The molecule has 0 spiro atoms. The monoisotopic (exact) mass is 510 g/mol. The van der Waals surface area contributed by atoms with Gasteiger partial charge < -0.3 is 4.57 Å². The minimum atomic E-state index is -0.107. The van der Waals surface area contributed by atoms with E-state index in [0.717, 1.165) is 44.8 Å². The predicted molar refractivity (Wildman–Crippen MR) is 136 cm³/mol. The SMILES string of the molecule is CCC(CC)n1c(-c2cccc(Br)c2)csc1=Nc1c(C)n(C)n(-c2ccccc2)c1=O. The van der Waals surface area contributed by atoms with Crippen molar-refractivity contribution < 1.29 is 0 Å². The van der Waals surface area contributed by atoms with Crippen molar-refractivity contribution in [2.24, 2.45) is 12.0 Å². The van der Waals surface area contributed by atoms with Crippen LogP contribution in [0, 0.1) is 6.92 Å². The molecule has 0 saturated heterocycles. The van der Waals surface area contributed by atoms with Crippen LogP contribution >= 0.6 is 27.3 Å². The van der Waals surface area contributed by atoms with Gasteiger partial charge in [-0.05, 0) is 44.0 Å². The van der Waals surface area contributed by atoms with Gasteiger partial charge >= 0.3 is 0 Å². The second-order valence-corrected chi connectivity index (χ2v) is 9.53. The lowest BCUT2D eigenvalue weighted by Crippen LogP contribution is -2.22. The summed E-state index contributed by atoms with van der Waals surface area (Å²) in [5, 5.41) is 2.15. The van der Waals surface area contributed by atoms with E-state index < -0.39 is 0 Å². The van der Waals surface area contributed by atoms with Crippen molar-refractivity contribution in [2.45, 2.75) is 39.7 Å². The average molecular weight is 511 g/mol. The summed E-state index contributed by atoms with van der Waals surface area (Å²) in [6, 6.07) is 18.3. The van der Waals surface area contributed by atoms with Crippen LogP contribution in [-0.2, 0) is 7.05 Å². The summed E-state index contributed by atoms with van der Waals surface area (Å²) in [6.07, 6.45) is 1.98. The van der Waals surface area contributed by atoms with Gasteiger partial charge in [0.2, 0.25) is 0 Å². The van der Waals surface area contributed by atoms with Crippen molar-refractivity contribution in [2.75, 3.05) is 0 Å². The van der Waals surface area contributed by atoms with E-state index in [-0.39, 0.29) is 5.56 Å². The Balaban J connectivity index is 1.95. The second kappa shape index (κ2) is 9.46. The third-order valence-corrected chi connectivity index (χ3v) is 7.23. The summed E-state index contributed by atoms with van der Waals surface area (Å²) < 4.78 is 6.89. The normalized spacial score (nSPS) is 12.1. The van der Waals surface area contributed by atoms with Gasteiger partial charge in [0, 0.05) is 28.5 Å². The van der Waals surface area contributed by atoms with Crippen LogP contribution in [-0.4, -0.2) is 13.9 Å². The quantitative estimate of drug-likeness (QED) is 0.297. The van der Waals surface area contributed by atoms with E-state index in [0.29, 0.717) is 11.7 Å². The van der Waals surface area contributed by atoms with E-state index in [9.17, 15) is 4.79 Å². The molecule has 4 aromatic rings. The molecule has 0 saturated carbocycles. The van der Waals surface area contributed by atoms with Crippen LogP contribution in [0.25, 0.3) is 16.9 Å². The fraction of sp³-hybridized carbons (Fsp3) is 0.280. The minimum absolute atomic E-state index is 0.107. The highest BCUT2D eigenvalue weighted by atomic mass is 79.9. The molecule has 0 aliphatic rings. The lowest BCUT2D eigenvalue weighted by atomic mass is 10.1. The molecule has 4 rings (SSSR count). The molecule has 0 atom stereocenters. The zero-order chi connectivity index (χ0) is 22.8. The van der Waals surface area contributed by atoms with Crippen LogP contribution in [0.2, 0.25) is 0 Å². The highest BCUT2D eigenvalue weighted by Crippen LogP contribution is 2.28. The lowest BCUT2D eigenvalue weighted by molar-refractivity contribution is 0.466. The number of aromatic nitrogens is 3. The maximum atomic E-state index is 13.4. The van der Waals surface area contributed by atoms with E-state index in [4.69, 9.17) is 4.99 Å². The highest BCUT2D eigenvalue weighted by molar-refractivity contribution is 9.10. The van der Waals surface area contributed by atoms with Crippen LogP contribution in [0.1, 0.15) is 38.4 Å². The maximum absolute atomic E-state index is 13.4. The van der Waals surface area contributed by atoms with Gasteiger partial charge in [-0.3, -0.25) is 9.48 Å². The van der Waals surface area contributed by atoms with Crippen LogP contribution in [0.15, 0.2) is 74.2 Å². The number of halogens is 1. The third kappa shape index (κ3) is 4.07. The van der Waals surface area contributed by atoms with E-state index in [2.05, 4.69) is 51.9 Å². The summed E-state index contributed by atoms with van der Waals surface area (Å²) in [5.74, 6) is 0. The number of benzene rings is 2. The van der Waals surface area contributed by atoms with Crippen molar-refractivity contribution in [1.29, 1.82) is 0 Å². The summed E-state index contributed by atoms with van der Waals surface area (Å²) in [7, 11) is 1.90. The largest absolute Gasteiger partial charge is 0.313 e. The van der Waals surface area contributed by atoms with Gasteiger partial charge in [-0.1, -0.05) is 60.1 Å². The predicted octanol–water partition coefficient (Wildman–Crippen LogP) is 6.37. The first kappa shape index (κ1) is 22.6. The number of rotatable bonds is 6. The van der Waals surface area contributed by atoms with E-state index in [1.807, 2.05) is 61.1 Å². The average Bonchev–Trinajstić information content (AvgIpc) is 3.30. The molecule has 0 aliphatic carbocycles. The van der Waals surface area contributed by atoms with Crippen molar-refractivity contribution in [3.8, 4) is 16.9 Å². The van der Waals surface area contributed by atoms with Crippen LogP contribution < -0.4 is 10.4 Å². The summed E-state index contributed by atoms with van der Waals surface area (Å²) in [4.78, 5) is 19.2. The Kier molecular flexibility index (Phi) is 6.67. The summed E-state index contributed by atoms with van der Waals surface area (Å²) in [6.45, 7) is 6.34. The van der Waals surface area contributed by atoms with Crippen molar-refractivity contribution >= 4 is 33.0 Å². The first-order chi connectivity index (χ1) is 15.5. The first-order valence-electron chi connectivity index (χ1n) is 10.8. The van der Waals surface area contributed by atoms with Gasteiger partial charge in [-0.15, -0.1) is 11.3 Å². The smallest absolute Gasteiger partial charge is 0.297 e. The topological polar surface area (TPSA) is 44.2 Å². The Morgan fingerprint density at radius 3 is 2.44 bits per heavy atom. The van der Waals surface area contributed by atoms with Crippen LogP contribution in [0.3, 0.4) is 0 Å². The number of para-hydroxylation sites is 1. The number of nitrogens with zero attached hydrogens (tertiary/aromatic N) is 4. The van der Waals surface area contributed by atoms with Gasteiger partial charge in [-0.25, -0.2) is 9.67 Å². The van der Waals surface area contributed by atoms with Gasteiger partial charge in [0.15, 0.2) is 10.5 Å². The molecule has 2 aromatic heterocycles. The summed E-state index contributed by atoms with van der Waals surface area (Å²) in [5.41, 5.74) is 4.31. The Hall–Kier alpha value is -2.64. The molecule has 32 heavy (non-hydrogen) atoms. The third-order valence-electron chi connectivity index (χ3n) is 5.90. The molecule has 0 bridgehead atoms. The van der Waals surface area contributed by atoms with Gasteiger partial charge in [0.05, 0.1) is 17.1 Å². The molecule has 0 radical (unpaired) electrons. The lowest BCUT2D eigenvalue weighted by Gasteiger charge is -2.18. The summed E-state index contributed by atoms with van der Waals surface area (Å²) >= 11 is 5.17. The fourth-order valence-corrected chi connectivity index (χ4v) is 5.42. The van der Waals surface area contributed by atoms with E-state index >= 15 is 0 Å². The molecule has 166 valence electrons. The fourth-order valence-electron chi connectivity index (χ4n) is 4.05. The number of hydrogen-bond acceptors (Lipinski definition) is 3. The Labute approximate surface area is 200 Å². The standard InChI is InChI=1S/C25H27BrN4OS/c1-5-20(6-2)29-22(18-11-10-12-19(26)15-18)16-32-25(29)27-23-17(3)28(4)30(24(23)31)21-13-8-7-9-14-21/h7-16,20H,5-6H2,1-4H3. The van der Waals surface area contributed by atoms with Crippen LogP contribution in [0.4, 0.5) is 5.69 Å². The maximum Gasteiger partial charge on any atom is 0.297 e. The molecular formula is C25H27BrN4OS. The molecule has 0 aliphatic heterocycles. The minimum Gasteiger partial charge on any atom is -0.313 e.